The van der Waals surface area contributed by atoms with Gasteiger partial charge >= 0.3 is 5.63 Å². The van der Waals surface area contributed by atoms with Crippen LogP contribution in [0.4, 0.5) is 0 Å². The SMILES string of the molecule is Cc1cc(=O)oc2cc(O[C@H]3OC(CO)[C@@H](O)[C@H](O)C3N)ccc12. The molecule has 2 unspecified atom stereocenters. The first-order valence-electron chi connectivity index (χ1n) is 7.50. The van der Waals surface area contributed by atoms with Crippen LogP contribution in [0.2, 0.25) is 0 Å². The minimum atomic E-state index is -1.30. The molecule has 2 heterocycles. The number of benzene rings is 1. The van der Waals surface area contributed by atoms with E-state index in [1.54, 1.807) is 19.1 Å². The van der Waals surface area contributed by atoms with Crippen molar-refractivity contribution in [1.82, 2.24) is 0 Å². The minimum Gasteiger partial charge on any atom is -0.463 e. The topological polar surface area (TPSA) is 135 Å². The lowest BCUT2D eigenvalue weighted by Gasteiger charge is -2.40. The van der Waals surface area contributed by atoms with Gasteiger partial charge in [-0.25, -0.2) is 4.79 Å². The molecule has 1 fully saturated rings. The molecule has 8 heteroatoms. The van der Waals surface area contributed by atoms with Crippen LogP contribution < -0.4 is 16.1 Å². The van der Waals surface area contributed by atoms with Gasteiger partial charge in [0.05, 0.1) is 12.6 Å². The lowest BCUT2D eigenvalue weighted by atomic mass is 9.98. The second kappa shape index (κ2) is 6.50. The molecule has 130 valence electrons. The molecule has 0 radical (unpaired) electrons. The molecule has 1 aromatic heterocycles. The first kappa shape index (κ1) is 16.9. The number of rotatable bonds is 3. The van der Waals surface area contributed by atoms with Crippen molar-refractivity contribution in [1.29, 1.82) is 0 Å². The van der Waals surface area contributed by atoms with Gasteiger partial charge < -0.3 is 34.9 Å². The van der Waals surface area contributed by atoms with Crippen LogP contribution in [0.3, 0.4) is 0 Å². The molecule has 0 saturated carbocycles. The van der Waals surface area contributed by atoms with Crippen molar-refractivity contribution in [3.05, 3.63) is 40.2 Å². The van der Waals surface area contributed by atoms with E-state index in [1.807, 2.05) is 0 Å². The molecule has 5 atom stereocenters. The lowest BCUT2D eigenvalue weighted by Crippen LogP contribution is -2.63. The number of fused-ring (bicyclic) bond motifs is 1. The Bertz CT molecular complexity index is 788. The lowest BCUT2D eigenvalue weighted by molar-refractivity contribution is -0.239. The van der Waals surface area contributed by atoms with Gasteiger partial charge in [0.15, 0.2) is 0 Å². The van der Waals surface area contributed by atoms with Gasteiger partial charge in [0, 0.05) is 17.5 Å². The van der Waals surface area contributed by atoms with E-state index < -0.39 is 42.9 Å². The Labute approximate surface area is 137 Å². The molecule has 8 nitrogen and oxygen atoms in total. The zero-order chi connectivity index (χ0) is 17.4. The van der Waals surface area contributed by atoms with E-state index in [9.17, 15) is 20.1 Å². The second-order valence-electron chi connectivity index (χ2n) is 5.81. The summed E-state index contributed by atoms with van der Waals surface area (Å²) >= 11 is 0. The molecule has 1 saturated heterocycles. The highest BCUT2D eigenvalue weighted by Crippen LogP contribution is 2.26. The summed E-state index contributed by atoms with van der Waals surface area (Å²) in [5.41, 5.74) is 6.48. The Morgan fingerprint density at radius 1 is 1.25 bits per heavy atom. The average molecular weight is 337 g/mol. The van der Waals surface area contributed by atoms with E-state index in [2.05, 4.69) is 0 Å². The largest absolute Gasteiger partial charge is 0.463 e. The maximum atomic E-state index is 11.5. The van der Waals surface area contributed by atoms with Crippen LogP contribution in [0.25, 0.3) is 11.0 Å². The molecular weight excluding hydrogens is 318 g/mol. The van der Waals surface area contributed by atoms with E-state index in [0.29, 0.717) is 11.3 Å². The summed E-state index contributed by atoms with van der Waals surface area (Å²) in [6.07, 6.45) is -4.69. The maximum Gasteiger partial charge on any atom is 0.336 e. The molecule has 24 heavy (non-hydrogen) atoms. The molecule has 0 aliphatic carbocycles. The van der Waals surface area contributed by atoms with E-state index in [1.165, 1.54) is 12.1 Å². The summed E-state index contributed by atoms with van der Waals surface area (Å²) in [7, 11) is 0. The predicted octanol–water partition coefficient (Wildman–Crippen LogP) is -0.753. The molecule has 1 aromatic carbocycles. The van der Waals surface area contributed by atoms with Crippen molar-refractivity contribution in [3.63, 3.8) is 0 Å². The number of nitrogens with two attached hydrogens (primary N) is 1. The summed E-state index contributed by atoms with van der Waals surface area (Å²) in [5, 5.41) is 29.7. The fraction of sp³-hybridized carbons (Fsp3) is 0.438. The summed E-state index contributed by atoms with van der Waals surface area (Å²) in [4.78, 5) is 11.5. The van der Waals surface area contributed by atoms with Gasteiger partial charge in [-0.2, -0.15) is 0 Å². The van der Waals surface area contributed by atoms with Crippen LogP contribution in [0.15, 0.2) is 33.5 Å². The zero-order valence-corrected chi connectivity index (χ0v) is 13.0. The van der Waals surface area contributed by atoms with E-state index in [-0.39, 0.29) is 0 Å². The highest BCUT2D eigenvalue weighted by molar-refractivity contribution is 5.81. The van der Waals surface area contributed by atoms with Gasteiger partial charge in [-0.1, -0.05) is 0 Å². The molecule has 3 rings (SSSR count). The van der Waals surface area contributed by atoms with Crippen LogP contribution in [0, 0.1) is 6.92 Å². The van der Waals surface area contributed by atoms with Crippen LogP contribution in [-0.2, 0) is 4.74 Å². The second-order valence-corrected chi connectivity index (χ2v) is 5.81. The highest BCUT2D eigenvalue weighted by atomic mass is 16.7. The van der Waals surface area contributed by atoms with E-state index in [4.69, 9.17) is 19.6 Å². The molecule has 1 aliphatic rings. The number of ether oxygens (including phenoxy) is 2. The van der Waals surface area contributed by atoms with Crippen molar-refractivity contribution >= 4 is 11.0 Å². The Hall–Kier alpha value is -1.97. The normalized spacial score (nSPS) is 30.5. The molecule has 0 amide bonds. The molecule has 2 aromatic rings. The number of aliphatic hydroxyl groups excluding tert-OH is 3. The zero-order valence-electron chi connectivity index (χ0n) is 13.0. The van der Waals surface area contributed by atoms with Gasteiger partial charge in [-0.15, -0.1) is 0 Å². The average Bonchev–Trinajstić information content (AvgIpc) is 2.55. The first-order chi connectivity index (χ1) is 11.4. The van der Waals surface area contributed by atoms with Crippen molar-refractivity contribution in [2.75, 3.05) is 6.61 Å². The van der Waals surface area contributed by atoms with Crippen molar-refractivity contribution in [3.8, 4) is 5.75 Å². The number of hydrogen-bond donors (Lipinski definition) is 4. The van der Waals surface area contributed by atoms with Gasteiger partial charge in [-0.3, -0.25) is 0 Å². The maximum absolute atomic E-state index is 11.5. The highest BCUT2D eigenvalue weighted by Gasteiger charge is 2.43. The minimum absolute atomic E-state index is 0.317. The summed E-state index contributed by atoms with van der Waals surface area (Å²) < 4.78 is 16.2. The van der Waals surface area contributed by atoms with E-state index in [0.717, 1.165) is 10.9 Å². The van der Waals surface area contributed by atoms with Gasteiger partial charge in [0.25, 0.3) is 0 Å². The van der Waals surface area contributed by atoms with Crippen LogP contribution in [0.1, 0.15) is 5.56 Å². The first-order valence-corrected chi connectivity index (χ1v) is 7.50. The Morgan fingerprint density at radius 2 is 2.00 bits per heavy atom. The predicted molar refractivity (Wildman–Crippen MR) is 83.6 cm³/mol. The fourth-order valence-electron chi connectivity index (χ4n) is 2.72. The fourth-order valence-corrected chi connectivity index (χ4v) is 2.72. The van der Waals surface area contributed by atoms with Crippen LogP contribution in [-0.4, -0.2) is 52.6 Å². The Balaban J connectivity index is 1.87. The number of hydrogen-bond acceptors (Lipinski definition) is 8. The third-order valence-electron chi connectivity index (χ3n) is 4.10. The molecular formula is C16H19NO7. The van der Waals surface area contributed by atoms with Crippen LogP contribution in [0.5, 0.6) is 5.75 Å². The quantitative estimate of drug-likeness (QED) is 0.537. The third kappa shape index (κ3) is 3.02. The summed E-state index contributed by atoms with van der Waals surface area (Å²) in [6, 6.07) is 5.28. The van der Waals surface area contributed by atoms with Crippen LogP contribution >= 0.6 is 0 Å². The van der Waals surface area contributed by atoms with Crippen molar-refractivity contribution in [2.24, 2.45) is 5.73 Å². The monoisotopic (exact) mass is 337 g/mol. The summed E-state index contributed by atoms with van der Waals surface area (Å²) in [5.74, 6) is 0.317. The number of aliphatic hydroxyl groups is 3. The molecule has 5 N–H and O–H groups in total. The van der Waals surface area contributed by atoms with Crippen molar-refractivity contribution < 1.29 is 29.2 Å². The van der Waals surface area contributed by atoms with Gasteiger partial charge in [-0.05, 0) is 24.6 Å². The number of aryl methyl sites for hydroxylation is 1. The Kier molecular flexibility index (Phi) is 4.57. The van der Waals surface area contributed by atoms with Crippen molar-refractivity contribution in [2.45, 2.75) is 37.6 Å². The standard InChI is InChI=1S/C16H19NO7/c1-7-4-12(19)23-10-5-8(2-3-9(7)10)22-16-13(17)15(21)14(20)11(6-18)24-16/h2-5,11,13-16,18,20-21H,6,17H2,1H3/t11?,13?,14-,15-,16+/m1/s1. The molecule has 1 aliphatic heterocycles. The third-order valence-corrected chi connectivity index (χ3v) is 4.10. The summed E-state index contributed by atoms with van der Waals surface area (Å²) in [6.45, 7) is 1.31. The van der Waals surface area contributed by atoms with Gasteiger partial charge in [0.1, 0.15) is 29.6 Å². The van der Waals surface area contributed by atoms with E-state index >= 15 is 0 Å². The molecule has 0 bridgehead atoms. The Morgan fingerprint density at radius 3 is 2.71 bits per heavy atom. The smallest absolute Gasteiger partial charge is 0.336 e. The van der Waals surface area contributed by atoms with Gasteiger partial charge in [0.2, 0.25) is 6.29 Å². The molecule has 0 spiro atoms.